The molecule has 26 heavy (non-hydrogen) atoms. The lowest BCUT2D eigenvalue weighted by molar-refractivity contribution is 0.102. The Morgan fingerprint density at radius 1 is 1.19 bits per heavy atom. The molecule has 1 fully saturated rings. The number of likely N-dealkylation sites (tertiary alicyclic amines) is 1. The van der Waals surface area contributed by atoms with Crippen LogP contribution in [0.2, 0.25) is 0 Å². The van der Waals surface area contributed by atoms with Crippen molar-refractivity contribution in [3.8, 4) is 5.88 Å². The molecule has 0 aliphatic carbocycles. The molecule has 0 unspecified atom stereocenters. The van der Waals surface area contributed by atoms with E-state index in [-0.39, 0.29) is 12.0 Å². The van der Waals surface area contributed by atoms with Gasteiger partial charge in [-0.25, -0.2) is 9.97 Å². The van der Waals surface area contributed by atoms with Crippen molar-refractivity contribution < 1.29 is 9.53 Å². The van der Waals surface area contributed by atoms with Gasteiger partial charge < -0.3 is 19.4 Å². The van der Waals surface area contributed by atoms with Gasteiger partial charge in [0, 0.05) is 49.6 Å². The van der Waals surface area contributed by atoms with Crippen molar-refractivity contribution in [2.45, 2.75) is 18.9 Å². The molecule has 3 aromatic rings. The van der Waals surface area contributed by atoms with Gasteiger partial charge in [0.2, 0.25) is 5.88 Å². The maximum absolute atomic E-state index is 12.6. The van der Waals surface area contributed by atoms with Gasteiger partial charge in [-0.05, 0) is 38.1 Å². The number of pyridine rings is 2. The first-order valence-electron chi connectivity index (χ1n) is 8.73. The molecule has 0 radical (unpaired) electrons. The summed E-state index contributed by atoms with van der Waals surface area (Å²) in [5, 5.41) is 2.90. The van der Waals surface area contributed by atoms with Gasteiger partial charge in [0.05, 0.1) is 5.56 Å². The van der Waals surface area contributed by atoms with Crippen molar-refractivity contribution in [1.29, 1.82) is 0 Å². The highest BCUT2D eigenvalue weighted by atomic mass is 16.5. The number of ether oxygens (including phenoxy) is 1. The zero-order chi connectivity index (χ0) is 17.9. The summed E-state index contributed by atoms with van der Waals surface area (Å²) < 4.78 is 7.80. The molecule has 0 bridgehead atoms. The number of imidazole rings is 1. The number of hydrogen-bond acceptors (Lipinski definition) is 5. The third kappa shape index (κ3) is 3.52. The number of hydrogen-bond donors (Lipinski definition) is 1. The Kier molecular flexibility index (Phi) is 4.53. The zero-order valence-corrected chi connectivity index (χ0v) is 14.6. The van der Waals surface area contributed by atoms with Crippen LogP contribution in [0.5, 0.6) is 5.88 Å². The smallest absolute Gasteiger partial charge is 0.259 e. The fourth-order valence-corrected chi connectivity index (χ4v) is 3.15. The number of rotatable bonds is 4. The summed E-state index contributed by atoms with van der Waals surface area (Å²) in [7, 11) is 2.12. The molecule has 7 heteroatoms. The van der Waals surface area contributed by atoms with Gasteiger partial charge in [0.1, 0.15) is 11.8 Å². The van der Waals surface area contributed by atoms with Gasteiger partial charge in [-0.15, -0.1) is 0 Å². The number of amides is 1. The predicted molar refractivity (Wildman–Crippen MR) is 98.5 cm³/mol. The number of nitrogens with zero attached hydrogens (tertiary/aromatic N) is 4. The summed E-state index contributed by atoms with van der Waals surface area (Å²) >= 11 is 0. The maximum Gasteiger partial charge on any atom is 0.259 e. The van der Waals surface area contributed by atoms with E-state index in [9.17, 15) is 4.79 Å². The largest absolute Gasteiger partial charge is 0.474 e. The molecule has 0 saturated carbocycles. The Morgan fingerprint density at radius 3 is 2.88 bits per heavy atom. The average molecular weight is 351 g/mol. The molecule has 0 spiro atoms. The summed E-state index contributed by atoms with van der Waals surface area (Å²) in [6.07, 6.45) is 9.13. The van der Waals surface area contributed by atoms with Crippen LogP contribution in [0, 0.1) is 0 Å². The predicted octanol–water partition coefficient (Wildman–Crippen LogP) is 2.45. The highest BCUT2D eigenvalue weighted by Crippen LogP contribution is 2.20. The van der Waals surface area contributed by atoms with Crippen LogP contribution in [0.3, 0.4) is 0 Å². The first-order valence-corrected chi connectivity index (χ1v) is 8.73. The van der Waals surface area contributed by atoms with Gasteiger partial charge in [-0.2, -0.15) is 0 Å². The lowest BCUT2D eigenvalue weighted by atomic mass is 10.1. The number of nitrogens with one attached hydrogen (secondary N) is 1. The minimum Gasteiger partial charge on any atom is -0.474 e. The second-order valence-electron chi connectivity index (χ2n) is 6.54. The molecular weight excluding hydrogens is 330 g/mol. The van der Waals surface area contributed by atoms with Crippen molar-refractivity contribution in [1.82, 2.24) is 19.3 Å². The standard InChI is InChI=1S/C19H21N5O2/c1-23-10-5-15(6-11-23)26-17-13-14(4-7-20-17)22-19(25)16-3-2-9-24-12-8-21-18(16)24/h2-4,7-9,12-13,15H,5-6,10-11H2,1H3,(H,20,22,25). The second kappa shape index (κ2) is 7.13. The minimum absolute atomic E-state index is 0.170. The number of aromatic nitrogens is 3. The lowest BCUT2D eigenvalue weighted by Gasteiger charge is -2.28. The number of carbonyl (C=O) groups excluding carboxylic acids is 1. The van der Waals surface area contributed by atoms with E-state index in [1.807, 2.05) is 22.9 Å². The molecule has 3 aromatic heterocycles. The van der Waals surface area contributed by atoms with E-state index in [2.05, 4.69) is 27.2 Å². The van der Waals surface area contributed by atoms with Crippen LogP contribution in [-0.2, 0) is 0 Å². The number of piperidine rings is 1. The molecule has 7 nitrogen and oxygen atoms in total. The quantitative estimate of drug-likeness (QED) is 0.782. The highest BCUT2D eigenvalue weighted by molar-refractivity contribution is 6.08. The molecule has 1 saturated heterocycles. The Balaban J connectivity index is 1.46. The number of fused-ring (bicyclic) bond motifs is 1. The van der Waals surface area contributed by atoms with Gasteiger partial charge >= 0.3 is 0 Å². The molecule has 134 valence electrons. The van der Waals surface area contributed by atoms with Crippen molar-refractivity contribution in [2.24, 2.45) is 0 Å². The topological polar surface area (TPSA) is 71.8 Å². The SMILES string of the molecule is CN1CCC(Oc2cc(NC(=O)c3cccn4ccnc34)ccn2)CC1. The van der Waals surface area contributed by atoms with E-state index in [0.717, 1.165) is 25.9 Å². The lowest BCUT2D eigenvalue weighted by Crippen LogP contribution is -2.35. The molecular formula is C19H21N5O2. The van der Waals surface area contributed by atoms with E-state index < -0.39 is 0 Å². The Bertz CT molecular complexity index is 915. The fourth-order valence-electron chi connectivity index (χ4n) is 3.15. The maximum atomic E-state index is 12.6. The van der Waals surface area contributed by atoms with Gasteiger partial charge in [0.15, 0.2) is 0 Å². The summed E-state index contributed by atoms with van der Waals surface area (Å²) in [6, 6.07) is 7.10. The molecule has 4 rings (SSSR count). The van der Waals surface area contributed by atoms with Crippen LogP contribution in [0.25, 0.3) is 5.65 Å². The summed E-state index contributed by atoms with van der Waals surface area (Å²) in [5.41, 5.74) is 1.80. The molecule has 0 atom stereocenters. The Labute approximate surface area is 151 Å². The summed E-state index contributed by atoms with van der Waals surface area (Å²) in [5.74, 6) is 0.328. The van der Waals surface area contributed by atoms with Crippen molar-refractivity contribution in [3.63, 3.8) is 0 Å². The van der Waals surface area contributed by atoms with Crippen molar-refractivity contribution in [2.75, 3.05) is 25.5 Å². The average Bonchev–Trinajstić information content (AvgIpc) is 3.12. The van der Waals surface area contributed by atoms with E-state index in [0.29, 0.717) is 22.8 Å². The first-order chi connectivity index (χ1) is 12.7. The van der Waals surface area contributed by atoms with E-state index in [1.165, 1.54) is 0 Å². The van der Waals surface area contributed by atoms with Crippen LogP contribution < -0.4 is 10.1 Å². The van der Waals surface area contributed by atoms with Crippen LogP contribution in [0.15, 0.2) is 49.1 Å². The highest BCUT2D eigenvalue weighted by Gasteiger charge is 2.19. The van der Waals surface area contributed by atoms with E-state index in [4.69, 9.17) is 4.74 Å². The minimum atomic E-state index is -0.210. The van der Waals surface area contributed by atoms with Gasteiger partial charge in [-0.3, -0.25) is 4.79 Å². The molecule has 0 aromatic carbocycles. The third-order valence-corrected chi connectivity index (χ3v) is 4.61. The Hall–Kier alpha value is -2.93. The van der Waals surface area contributed by atoms with E-state index in [1.54, 1.807) is 30.6 Å². The van der Waals surface area contributed by atoms with Gasteiger partial charge in [-0.1, -0.05) is 0 Å². The van der Waals surface area contributed by atoms with Crippen LogP contribution in [0.4, 0.5) is 5.69 Å². The molecule has 1 aliphatic rings. The summed E-state index contributed by atoms with van der Waals surface area (Å²) in [6.45, 7) is 2.05. The zero-order valence-electron chi connectivity index (χ0n) is 14.6. The molecule has 1 amide bonds. The van der Waals surface area contributed by atoms with Crippen LogP contribution in [-0.4, -0.2) is 51.4 Å². The van der Waals surface area contributed by atoms with Crippen molar-refractivity contribution >= 4 is 17.2 Å². The molecule has 1 N–H and O–H groups in total. The monoisotopic (exact) mass is 351 g/mol. The number of carbonyl (C=O) groups is 1. The van der Waals surface area contributed by atoms with Crippen LogP contribution in [0.1, 0.15) is 23.2 Å². The normalized spacial score (nSPS) is 15.9. The van der Waals surface area contributed by atoms with Gasteiger partial charge in [0.25, 0.3) is 5.91 Å². The Morgan fingerprint density at radius 2 is 2.04 bits per heavy atom. The molecule has 4 heterocycles. The third-order valence-electron chi connectivity index (χ3n) is 4.61. The van der Waals surface area contributed by atoms with E-state index >= 15 is 0 Å². The fraction of sp³-hybridized carbons (Fsp3) is 0.316. The van der Waals surface area contributed by atoms with Crippen molar-refractivity contribution in [3.05, 3.63) is 54.6 Å². The van der Waals surface area contributed by atoms with Crippen LogP contribution >= 0.6 is 0 Å². The molecule has 1 aliphatic heterocycles. The number of anilines is 1. The summed E-state index contributed by atoms with van der Waals surface area (Å²) in [4.78, 5) is 23.4. The second-order valence-corrected chi connectivity index (χ2v) is 6.54. The first kappa shape index (κ1) is 16.5.